The molecule has 0 heteroatoms. The van der Waals surface area contributed by atoms with Gasteiger partial charge in [0.05, 0.1) is 0 Å². The molecule has 0 rings (SSSR count). The molecular weight excluding hydrogens is 192 g/mol. The van der Waals surface area contributed by atoms with Gasteiger partial charge in [0.1, 0.15) is 0 Å². The summed E-state index contributed by atoms with van der Waals surface area (Å²) in [6.07, 6.45) is 14.5. The van der Waals surface area contributed by atoms with Crippen LogP contribution in [0, 0.1) is 0 Å². The lowest BCUT2D eigenvalue weighted by atomic mass is 10.1. The maximum atomic E-state index is 2.33. The first-order chi connectivity index (χ1) is 7.56. The highest BCUT2D eigenvalue weighted by atomic mass is 13.9. The van der Waals surface area contributed by atoms with Crippen molar-refractivity contribution >= 4 is 0 Å². The molecule has 0 saturated carbocycles. The van der Waals surface area contributed by atoms with Gasteiger partial charge in [0.25, 0.3) is 0 Å². The van der Waals surface area contributed by atoms with Crippen molar-refractivity contribution in [1.29, 1.82) is 0 Å². The number of hydrogen-bond acceptors (Lipinski definition) is 0. The summed E-state index contributed by atoms with van der Waals surface area (Å²) in [6, 6.07) is 0. The van der Waals surface area contributed by atoms with Crippen molar-refractivity contribution < 1.29 is 0 Å². The molecule has 0 aromatic carbocycles. The van der Waals surface area contributed by atoms with E-state index in [1.54, 1.807) is 0 Å². The van der Waals surface area contributed by atoms with Crippen LogP contribution in [0.3, 0.4) is 0 Å². The molecule has 0 bridgehead atoms. The quantitative estimate of drug-likeness (QED) is 0.402. The van der Waals surface area contributed by atoms with E-state index in [4.69, 9.17) is 0 Å². The van der Waals surface area contributed by atoms with Crippen LogP contribution in [0.25, 0.3) is 0 Å². The van der Waals surface area contributed by atoms with E-state index >= 15 is 0 Å². The van der Waals surface area contributed by atoms with E-state index in [1.807, 2.05) is 0 Å². The molecular formula is C16H26. The molecule has 0 aliphatic rings. The van der Waals surface area contributed by atoms with E-state index in [0.29, 0.717) is 0 Å². The van der Waals surface area contributed by atoms with Crippen molar-refractivity contribution in [2.45, 2.75) is 53.9 Å². The first-order valence-corrected chi connectivity index (χ1v) is 6.14. The monoisotopic (exact) mass is 218 g/mol. The highest BCUT2D eigenvalue weighted by molar-refractivity contribution is 5.17. The van der Waals surface area contributed by atoms with Crippen LogP contribution in [0.15, 0.2) is 47.1 Å². The second-order valence-electron chi connectivity index (χ2n) is 4.55. The van der Waals surface area contributed by atoms with Crippen molar-refractivity contribution in [2.24, 2.45) is 0 Å². The van der Waals surface area contributed by atoms with Crippen molar-refractivity contribution in [2.75, 3.05) is 0 Å². The van der Waals surface area contributed by atoms with E-state index in [2.05, 4.69) is 65.0 Å². The van der Waals surface area contributed by atoms with E-state index < -0.39 is 0 Å². The fourth-order valence-electron chi connectivity index (χ4n) is 1.47. The molecule has 0 spiro atoms. The standard InChI is InChI=1S/C16H26/c1-6-9-15(4)12-8-13-16(5)11-7-10-14(2)3/h6,9-10,12-13H,7-8,11H2,1-5H3/b9-6+,15-12+,16-13-. The SMILES string of the molecule is C/C=C/C(C)=C/C/C=C(/C)CCC=C(C)C. The topological polar surface area (TPSA) is 0 Å². The largest absolute Gasteiger partial charge is 0.0874 e. The third kappa shape index (κ3) is 9.51. The summed E-state index contributed by atoms with van der Waals surface area (Å²) >= 11 is 0. The van der Waals surface area contributed by atoms with Crippen molar-refractivity contribution in [3.05, 3.63) is 47.1 Å². The zero-order chi connectivity index (χ0) is 12.4. The average molecular weight is 218 g/mol. The molecule has 0 N–H and O–H groups in total. The van der Waals surface area contributed by atoms with Crippen molar-refractivity contribution in [1.82, 2.24) is 0 Å². The molecule has 0 amide bonds. The Morgan fingerprint density at radius 1 is 0.938 bits per heavy atom. The Kier molecular flexibility index (Phi) is 8.61. The molecule has 0 radical (unpaired) electrons. The Bertz CT molecular complexity index is 294. The van der Waals surface area contributed by atoms with Gasteiger partial charge < -0.3 is 0 Å². The number of allylic oxidation sites excluding steroid dienone is 8. The molecule has 0 aromatic heterocycles. The Morgan fingerprint density at radius 3 is 2.19 bits per heavy atom. The summed E-state index contributed by atoms with van der Waals surface area (Å²) < 4.78 is 0. The first-order valence-electron chi connectivity index (χ1n) is 6.14. The van der Waals surface area contributed by atoms with Crippen LogP contribution in [-0.4, -0.2) is 0 Å². The Labute approximate surface area is 101 Å². The maximum Gasteiger partial charge on any atom is -0.0161 e. The van der Waals surface area contributed by atoms with Crippen molar-refractivity contribution in [3.8, 4) is 0 Å². The van der Waals surface area contributed by atoms with Crippen LogP contribution in [0.5, 0.6) is 0 Å². The van der Waals surface area contributed by atoms with Crippen LogP contribution in [0.2, 0.25) is 0 Å². The Morgan fingerprint density at radius 2 is 1.62 bits per heavy atom. The van der Waals surface area contributed by atoms with Gasteiger partial charge in [0.2, 0.25) is 0 Å². The van der Waals surface area contributed by atoms with Crippen LogP contribution in [-0.2, 0) is 0 Å². The normalized spacial score (nSPS) is 13.3. The maximum absolute atomic E-state index is 2.33. The highest BCUT2D eigenvalue weighted by Crippen LogP contribution is 2.08. The van der Waals surface area contributed by atoms with Gasteiger partial charge in [-0.15, -0.1) is 0 Å². The third-order valence-corrected chi connectivity index (χ3v) is 2.43. The molecule has 0 unspecified atom stereocenters. The van der Waals surface area contributed by atoms with Crippen LogP contribution < -0.4 is 0 Å². The lowest BCUT2D eigenvalue weighted by Gasteiger charge is -1.98. The molecule has 0 heterocycles. The number of hydrogen-bond donors (Lipinski definition) is 0. The van der Waals surface area contributed by atoms with E-state index in [0.717, 1.165) is 6.42 Å². The highest BCUT2D eigenvalue weighted by Gasteiger charge is 1.88. The lowest BCUT2D eigenvalue weighted by Crippen LogP contribution is -1.77. The fourth-order valence-corrected chi connectivity index (χ4v) is 1.47. The van der Waals surface area contributed by atoms with Gasteiger partial charge in [0.15, 0.2) is 0 Å². The van der Waals surface area contributed by atoms with E-state index in [9.17, 15) is 0 Å². The summed E-state index contributed by atoms with van der Waals surface area (Å²) in [5.41, 5.74) is 4.24. The first kappa shape index (κ1) is 15.0. The fraction of sp³-hybridized carbons (Fsp3) is 0.500. The molecule has 0 fully saturated rings. The second kappa shape index (κ2) is 9.21. The van der Waals surface area contributed by atoms with E-state index in [-0.39, 0.29) is 0 Å². The molecule has 0 atom stereocenters. The summed E-state index contributed by atoms with van der Waals surface area (Å²) in [5, 5.41) is 0. The summed E-state index contributed by atoms with van der Waals surface area (Å²) in [5.74, 6) is 0. The van der Waals surface area contributed by atoms with Gasteiger partial charge in [0, 0.05) is 0 Å². The van der Waals surface area contributed by atoms with Gasteiger partial charge in [-0.05, 0) is 53.9 Å². The minimum atomic E-state index is 1.05. The lowest BCUT2D eigenvalue weighted by molar-refractivity contribution is 0.958. The van der Waals surface area contributed by atoms with Crippen LogP contribution in [0.4, 0.5) is 0 Å². The van der Waals surface area contributed by atoms with Gasteiger partial charge in [-0.2, -0.15) is 0 Å². The minimum Gasteiger partial charge on any atom is -0.0874 e. The third-order valence-electron chi connectivity index (χ3n) is 2.43. The molecule has 0 aliphatic carbocycles. The molecule has 0 nitrogen and oxygen atoms in total. The Hall–Kier alpha value is -1.04. The number of rotatable bonds is 6. The molecule has 0 aliphatic heterocycles. The summed E-state index contributed by atoms with van der Waals surface area (Å²) in [7, 11) is 0. The zero-order valence-electron chi connectivity index (χ0n) is 11.5. The van der Waals surface area contributed by atoms with Crippen LogP contribution in [0.1, 0.15) is 53.9 Å². The van der Waals surface area contributed by atoms with Crippen molar-refractivity contribution in [3.63, 3.8) is 0 Å². The van der Waals surface area contributed by atoms with Gasteiger partial charge in [-0.25, -0.2) is 0 Å². The molecule has 0 saturated heterocycles. The second-order valence-corrected chi connectivity index (χ2v) is 4.55. The molecule has 0 aromatic rings. The predicted octanol–water partition coefficient (Wildman–Crippen LogP) is 5.59. The molecule has 90 valence electrons. The minimum absolute atomic E-state index is 1.05. The van der Waals surface area contributed by atoms with Gasteiger partial charge >= 0.3 is 0 Å². The predicted molar refractivity (Wildman–Crippen MR) is 75.6 cm³/mol. The average Bonchev–Trinajstić information content (AvgIpc) is 2.17. The molecule has 16 heavy (non-hydrogen) atoms. The van der Waals surface area contributed by atoms with Crippen LogP contribution >= 0.6 is 0 Å². The smallest absolute Gasteiger partial charge is 0.0161 e. The van der Waals surface area contributed by atoms with Gasteiger partial charge in [-0.3, -0.25) is 0 Å². The van der Waals surface area contributed by atoms with E-state index in [1.165, 1.54) is 29.6 Å². The van der Waals surface area contributed by atoms with Gasteiger partial charge in [-0.1, -0.05) is 47.1 Å². The summed E-state index contributed by atoms with van der Waals surface area (Å²) in [6.45, 7) is 10.7. The zero-order valence-corrected chi connectivity index (χ0v) is 11.5. The summed E-state index contributed by atoms with van der Waals surface area (Å²) in [4.78, 5) is 0. The Balaban J connectivity index is 3.96.